The summed E-state index contributed by atoms with van der Waals surface area (Å²) < 4.78 is 39.6. The number of aromatic nitrogens is 4. The van der Waals surface area contributed by atoms with Gasteiger partial charge in [0, 0.05) is 6.04 Å². The first-order valence-corrected chi connectivity index (χ1v) is 6.66. The number of anilines is 1. The predicted molar refractivity (Wildman–Crippen MR) is 75.0 cm³/mol. The van der Waals surface area contributed by atoms with Crippen molar-refractivity contribution in [2.24, 2.45) is 5.73 Å². The molecule has 0 spiro atoms. The molecule has 2 rings (SSSR count). The number of rotatable bonds is 5. The molecule has 0 unspecified atom stereocenters. The van der Waals surface area contributed by atoms with Gasteiger partial charge < -0.3 is 11.1 Å². The average Bonchev–Trinajstić information content (AvgIpc) is 2.90. The van der Waals surface area contributed by atoms with Gasteiger partial charge in [0.25, 0.3) is 0 Å². The average molecular weight is 325 g/mol. The highest BCUT2D eigenvalue weighted by molar-refractivity contribution is 5.52. The van der Waals surface area contributed by atoms with Crippen LogP contribution in [0.1, 0.15) is 23.9 Å². The molecular formula is C13H14F3N7. The minimum Gasteiger partial charge on any atom is -0.363 e. The summed E-state index contributed by atoms with van der Waals surface area (Å²) >= 11 is 0. The Morgan fingerprint density at radius 1 is 1.43 bits per heavy atom. The second-order valence-corrected chi connectivity index (χ2v) is 4.96. The molecule has 2 heterocycles. The molecule has 23 heavy (non-hydrogen) atoms. The zero-order valence-corrected chi connectivity index (χ0v) is 12.2. The first kappa shape index (κ1) is 16.7. The summed E-state index contributed by atoms with van der Waals surface area (Å²) in [6.07, 6.45) is -2.96. The monoisotopic (exact) mass is 325 g/mol. The van der Waals surface area contributed by atoms with Crippen LogP contribution in [0.4, 0.5) is 19.0 Å². The maximum atomic E-state index is 12.7. The molecule has 0 aliphatic rings. The molecule has 7 nitrogen and oxygen atoms in total. The summed E-state index contributed by atoms with van der Waals surface area (Å²) in [7, 11) is 0. The van der Waals surface area contributed by atoms with Gasteiger partial charge in [0.15, 0.2) is 0 Å². The first-order chi connectivity index (χ1) is 10.8. The quantitative estimate of drug-likeness (QED) is 0.863. The van der Waals surface area contributed by atoms with Crippen molar-refractivity contribution in [2.45, 2.75) is 32.2 Å². The number of nitrogens with zero attached hydrogens (tertiary/aromatic N) is 5. The fraction of sp³-hybridized carbons (Fsp3) is 0.385. The number of pyridine rings is 1. The Labute approximate surface area is 129 Å². The lowest BCUT2D eigenvalue weighted by atomic mass is 10.2. The van der Waals surface area contributed by atoms with Gasteiger partial charge in [-0.3, -0.25) is 4.68 Å². The summed E-state index contributed by atoms with van der Waals surface area (Å²) in [6, 6.07) is 3.53. The molecular weight excluding hydrogens is 311 g/mol. The lowest BCUT2D eigenvalue weighted by Crippen LogP contribution is -2.22. The highest BCUT2D eigenvalue weighted by Gasteiger charge is 2.33. The lowest BCUT2D eigenvalue weighted by Gasteiger charge is -2.10. The molecule has 0 amide bonds. The zero-order chi connectivity index (χ0) is 17.0. The van der Waals surface area contributed by atoms with E-state index < -0.39 is 11.9 Å². The molecule has 2 aromatic heterocycles. The Bertz CT molecular complexity index is 715. The van der Waals surface area contributed by atoms with Crippen molar-refractivity contribution in [1.29, 1.82) is 5.26 Å². The van der Waals surface area contributed by atoms with Gasteiger partial charge in [-0.25, -0.2) is 4.98 Å². The number of nitriles is 1. The number of alkyl halides is 3. The van der Waals surface area contributed by atoms with E-state index in [4.69, 9.17) is 11.0 Å². The van der Waals surface area contributed by atoms with Crippen LogP contribution in [0.25, 0.3) is 0 Å². The van der Waals surface area contributed by atoms with Crippen LogP contribution in [0.3, 0.4) is 0 Å². The van der Waals surface area contributed by atoms with E-state index in [0.717, 1.165) is 12.1 Å². The Morgan fingerprint density at radius 2 is 2.17 bits per heavy atom. The van der Waals surface area contributed by atoms with Gasteiger partial charge in [0.1, 0.15) is 23.3 Å². The highest BCUT2D eigenvalue weighted by Crippen LogP contribution is 2.29. The lowest BCUT2D eigenvalue weighted by molar-refractivity contribution is -0.141. The molecule has 0 aliphatic heterocycles. The Morgan fingerprint density at radius 3 is 2.78 bits per heavy atom. The Kier molecular flexibility index (Phi) is 4.80. The van der Waals surface area contributed by atoms with Gasteiger partial charge in [0.2, 0.25) is 0 Å². The molecule has 0 bridgehead atoms. The predicted octanol–water partition coefficient (Wildman–Crippen LogP) is 1.52. The zero-order valence-electron chi connectivity index (χ0n) is 12.2. The van der Waals surface area contributed by atoms with E-state index >= 15 is 0 Å². The summed E-state index contributed by atoms with van der Waals surface area (Å²) in [5.74, 6) is -0.149. The minimum atomic E-state index is -4.58. The van der Waals surface area contributed by atoms with Crippen molar-refractivity contribution >= 4 is 5.82 Å². The molecule has 10 heteroatoms. The molecule has 0 saturated heterocycles. The smallest absolute Gasteiger partial charge is 0.363 e. The fourth-order valence-electron chi connectivity index (χ4n) is 1.82. The van der Waals surface area contributed by atoms with Crippen molar-refractivity contribution in [3.8, 4) is 6.07 Å². The number of nitrogens with two attached hydrogens (primary N) is 1. The van der Waals surface area contributed by atoms with E-state index in [1.54, 1.807) is 12.3 Å². The van der Waals surface area contributed by atoms with Gasteiger partial charge in [-0.1, -0.05) is 5.21 Å². The minimum absolute atomic E-state index is 0.0148. The molecule has 2 aromatic rings. The van der Waals surface area contributed by atoms with E-state index in [1.165, 1.54) is 4.68 Å². The van der Waals surface area contributed by atoms with Gasteiger partial charge in [-0.05, 0) is 19.1 Å². The third-order valence-electron chi connectivity index (χ3n) is 2.80. The van der Waals surface area contributed by atoms with Crippen LogP contribution in [0.15, 0.2) is 18.3 Å². The maximum Gasteiger partial charge on any atom is 0.433 e. The topological polar surface area (TPSA) is 105 Å². The molecule has 122 valence electrons. The van der Waals surface area contributed by atoms with Crippen LogP contribution < -0.4 is 11.1 Å². The normalized spacial score (nSPS) is 12.7. The van der Waals surface area contributed by atoms with Crippen molar-refractivity contribution in [2.75, 3.05) is 5.32 Å². The summed E-state index contributed by atoms with van der Waals surface area (Å²) in [5, 5.41) is 19.4. The number of hydrogen-bond donors (Lipinski definition) is 2. The van der Waals surface area contributed by atoms with E-state index in [0.29, 0.717) is 12.2 Å². The number of nitrogens with one attached hydrogen (secondary N) is 1. The standard InChI is InChI=1S/C13H14F3N7/c1-8(18)6-23-7-10(21-22-23)5-19-12-9(4-17)2-3-11(20-12)13(14,15)16/h2-3,7-8H,5-6,18H2,1H3,(H,19,20)/t8-/m0/s1. The molecule has 0 fully saturated rings. The second-order valence-electron chi connectivity index (χ2n) is 4.96. The molecule has 0 aliphatic carbocycles. The molecule has 3 N–H and O–H groups in total. The second kappa shape index (κ2) is 6.62. The van der Waals surface area contributed by atoms with Crippen molar-refractivity contribution in [1.82, 2.24) is 20.0 Å². The molecule has 1 atom stereocenters. The largest absolute Gasteiger partial charge is 0.433 e. The van der Waals surface area contributed by atoms with E-state index in [2.05, 4.69) is 20.6 Å². The third-order valence-corrected chi connectivity index (χ3v) is 2.80. The number of halogens is 3. The van der Waals surface area contributed by atoms with Crippen LogP contribution in [0, 0.1) is 11.3 Å². The third kappa shape index (κ3) is 4.40. The van der Waals surface area contributed by atoms with Gasteiger partial charge >= 0.3 is 6.18 Å². The summed E-state index contributed by atoms with van der Waals surface area (Å²) in [6.45, 7) is 2.37. The van der Waals surface area contributed by atoms with Gasteiger partial charge in [-0.15, -0.1) is 5.10 Å². The maximum absolute atomic E-state index is 12.7. The van der Waals surface area contributed by atoms with E-state index in [9.17, 15) is 13.2 Å². The fourth-order valence-corrected chi connectivity index (χ4v) is 1.82. The van der Waals surface area contributed by atoms with Gasteiger partial charge in [-0.2, -0.15) is 18.4 Å². The van der Waals surface area contributed by atoms with Crippen LogP contribution in [0.2, 0.25) is 0 Å². The molecule has 0 aromatic carbocycles. The van der Waals surface area contributed by atoms with Crippen molar-refractivity contribution in [3.63, 3.8) is 0 Å². The molecule has 0 radical (unpaired) electrons. The van der Waals surface area contributed by atoms with Crippen LogP contribution >= 0.6 is 0 Å². The number of hydrogen-bond acceptors (Lipinski definition) is 6. The Balaban J connectivity index is 2.13. The van der Waals surface area contributed by atoms with Crippen molar-refractivity contribution in [3.05, 3.63) is 35.3 Å². The summed E-state index contributed by atoms with van der Waals surface area (Å²) in [5.41, 5.74) is 5.08. The van der Waals surface area contributed by atoms with Crippen molar-refractivity contribution < 1.29 is 13.2 Å². The van der Waals surface area contributed by atoms with Crippen LogP contribution in [-0.2, 0) is 19.3 Å². The van der Waals surface area contributed by atoms with Crippen LogP contribution in [-0.4, -0.2) is 26.0 Å². The Hall–Kier alpha value is -2.67. The van der Waals surface area contributed by atoms with Crippen LogP contribution in [0.5, 0.6) is 0 Å². The van der Waals surface area contributed by atoms with E-state index in [1.807, 2.05) is 6.92 Å². The highest BCUT2D eigenvalue weighted by atomic mass is 19.4. The first-order valence-electron chi connectivity index (χ1n) is 6.66. The van der Waals surface area contributed by atoms with E-state index in [-0.39, 0.29) is 24.0 Å². The summed E-state index contributed by atoms with van der Waals surface area (Å²) in [4.78, 5) is 3.45. The van der Waals surface area contributed by atoms with Gasteiger partial charge in [0.05, 0.1) is 24.8 Å². The SMILES string of the molecule is C[C@H](N)Cn1cc(CNc2nc(C(F)(F)F)ccc2C#N)nn1. The molecule has 0 saturated carbocycles.